The number of amides is 1. The Morgan fingerprint density at radius 1 is 1.00 bits per heavy atom. The molecule has 2 rings (SSSR count). The van der Waals surface area contributed by atoms with E-state index in [2.05, 4.69) is 12.2 Å². The highest BCUT2D eigenvalue weighted by atomic mass is 16.5. The lowest BCUT2D eigenvalue weighted by atomic mass is 10.2. The lowest BCUT2D eigenvalue weighted by Crippen LogP contribution is -2.30. The van der Waals surface area contributed by atoms with Crippen molar-refractivity contribution in [3.63, 3.8) is 0 Å². The molecule has 0 bridgehead atoms. The molecule has 0 heterocycles. The average molecular weight is 415 g/mol. The van der Waals surface area contributed by atoms with Crippen LogP contribution in [0.15, 0.2) is 42.5 Å². The summed E-state index contributed by atoms with van der Waals surface area (Å²) in [6, 6.07) is 11.9. The number of methoxy groups -OCH3 is 1. The molecule has 162 valence electrons. The number of anilines is 1. The van der Waals surface area contributed by atoms with Gasteiger partial charge in [0, 0.05) is 0 Å². The fraction of sp³-hybridized carbons (Fsp3) is 0.391. The van der Waals surface area contributed by atoms with Crippen molar-refractivity contribution in [2.24, 2.45) is 0 Å². The Labute approximate surface area is 177 Å². The number of unbranched alkanes of at least 4 members (excludes halogenated alkanes) is 1. The van der Waals surface area contributed by atoms with E-state index in [0.717, 1.165) is 12.8 Å². The minimum atomic E-state index is -1.00. The maximum absolute atomic E-state index is 12.5. The van der Waals surface area contributed by atoms with Crippen LogP contribution in [-0.2, 0) is 9.53 Å². The van der Waals surface area contributed by atoms with Crippen LogP contribution in [0.4, 0.5) is 5.69 Å². The summed E-state index contributed by atoms with van der Waals surface area (Å²) in [5.74, 6) is 0.454. The van der Waals surface area contributed by atoms with Gasteiger partial charge in [0.25, 0.3) is 5.91 Å². The summed E-state index contributed by atoms with van der Waals surface area (Å²) in [5, 5.41) is 2.73. The molecule has 2 aromatic carbocycles. The fourth-order valence-corrected chi connectivity index (χ4v) is 2.61. The molecule has 2 aromatic rings. The van der Waals surface area contributed by atoms with Gasteiger partial charge < -0.3 is 24.3 Å². The third-order valence-corrected chi connectivity index (χ3v) is 4.25. The number of ether oxygens (including phenoxy) is 4. The molecule has 30 heavy (non-hydrogen) atoms. The maximum atomic E-state index is 12.5. The molecule has 1 amide bonds. The highest BCUT2D eigenvalue weighted by Gasteiger charge is 2.21. The Hall–Kier alpha value is -3.22. The average Bonchev–Trinajstić information content (AvgIpc) is 2.75. The third-order valence-electron chi connectivity index (χ3n) is 4.25. The Morgan fingerprint density at radius 2 is 1.77 bits per heavy atom. The number of carbonyl (C=O) groups excluding carboxylic acids is 2. The van der Waals surface area contributed by atoms with E-state index in [1.807, 2.05) is 13.0 Å². The van der Waals surface area contributed by atoms with Crippen molar-refractivity contribution in [3.8, 4) is 17.2 Å². The van der Waals surface area contributed by atoms with Crippen LogP contribution in [0.3, 0.4) is 0 Å². The van der Waals surface area contributed by atoms with Crippen LogP contribution in [0, 0.1) is 0 Å². The van der Waals surface area contributed by atoms with Crippen LogP contribution in [0.1, 0.15) is 44.0 Å². The summed E-state index contributed by atoms with van der Waals surface area (Å²) in [4.78, 5) is 25.0. The van der Waals surface area contributed by atoms with Gasteiger partial charge in [0.15, 0.2) is 17.6 Å². The Kier molecular flexibility index (Phi) is 9.00. The van der Waals surface area contributed by atoms with Crippen molar-refractivity contribution in [2.45, 2.75) is 39.7 Å². The summed E-state index contributed by atoms with van der Waals surface area (Å²) >= 11 is 0. The molecule has 0 spiro atoms. The summed E-state index contributed by atoms with van der Waals surface area (Å²) in [6.07, 6.45) is 0.937. The predicted octanol–water partition coefficient (Wildman–Crippen LogP) is 4.46. The van der Waals surface area contributed by atoms with Gasteiger partial charge in [-0.05, 0) is 50.6 Å². The zero-order valence-corrected chi connectivity index (χ0v) is 17.9. The van der Waals surface area contributed by atoms with Crippen LogP contribution in [0.25, 0.3) is 0 Å². The second-order valence-corrected chi connectivity index (χ2v) is 6.53. The van der Waals surface area contributed by atoms with Gasteiger partial charge in [0.2, 0.25) is 0 Å². The van der Waals surface area contributed by atoms with E-state index in [0.29, 0.717) is 36.1 Å². The molecule has 0 saturated carbocycles. The Balaban J connectivity index is 2.02. The highest BCUT2D eigenvalue weighted by molar-refractivity contribution is 5.98. The van der Waals surface area contributed by atoms with Crippen LogP contribution >= 0.6 is 0 Å². The van der Waals surface area contributed by atoms with Gasteiger partial charge in [0.1, 0.15) is 5.75 Å². The number of hydrogen-bond donors (Lipinski definition) is 1. The summed E-state index contributed by atoms with van der Waals surface area (Å²) in [5.41, 5.74) is 0.784. The summed E-state index contributed by atoms with van der Waals surface area (Å²) in [7, 11) is 1.50. The standard InChI is InChI=1S/C23H29NO6/c1-5-7-14-29-20-13-12-17(15-21(20)27-4)23(26)30-16(3)22(25)24-18-10-8-9-11-19(18)28-6-2/h8-13,15-16H,5-7,14H2,1-4H3,(H,24,25). The molecule has 1 unspecified atom stereocenters. The van der Waals surface area contributed by atoms with Crippen molar-refractivity contribution in [2.75, 3.05) is 25.6 Å². The first-order valence-electron chi connectivity index (χ1n) is 10.0. The largest absolute Gasteiger partial charge is 0.493 e. The molecule has 0 aliphatic carbocycles. The number of para-hydroxylation sites is 2. The van der Waals surface area contributed by atoms with Crippen LogP contribution in [0.5, 0.6) is 17.2 Å². The second-order valence-electron chi connectivity index (χ2n) is 6.53. The van der Waals surface area contributed by atoms with E-state index in [4.69, 9.17) is 18.9 Å². The molecular weight excluding hydrogens is 386 g/mol. The normalized spacial score (nSPS) is 11.3. The molecule has 1 atom stereocenters. The minimum Gasteiger partial charge on any atom is -0.493 e. The maximum Gasteiger partial charge on any atom is 0.339 e. The predicted molar refractivity (Wildman–Crippen MR) is 115 cm³/mol. The number of carbonyl (C=O) groups is 2. The lowest BCUT2D eigenvalue weighted by molar-refractivity contribution is -0.123. The highest BCUT2D eigenvalue weighted by Crippen LogP contribution is 2.29. The third kappa shape index (κ3) is 6.40. The molecule has 7 heteroatoms. The Bertz CT molecular complexity index is 851. The lowest BCUT2D eigenvalue weighted by Gasteiger charge is -2.16. The first-order valence-corrected chi connectivity index (χ1v) is 10.0. The van der Waals surface area contributed by atoms with Crippen molar-refractivity contribution in [1.29, 1.82) is 0 Å². The molecule has 0 aliphatic heterocycles. The van der Waals surface area contributed by atoms with Crippen LogP contribution in [0.2, 0.25) is 0 Å². The van der Waals surface area contributed by atoms with Gasteiger partial charge in [0.05, 0.1) is 31.6 Å². The molecule has 7 nitrogen and oxygen atoms in total. The number of nitrogens with one attached hydrogen (secondary N) is 1. The number of esters is 1. The van der Waals surface area contributed by atoms with Crippen molar-refractivity contribution in [1.82, 2.24) is 0 Å². The monoisotopic (exact) mass is 415 g/mol. The molecule has 0 radical (unpaired) electrons. The van der Waals surface area contributed by atoms with E-state index in [1.54, 1.807) is 36.4 Å². The molecule has 0 aromatic heterocycles. The van der Waals surface area contributed by atoms with Gasteiger partial charge in [-0.25, -0.2) is 4.79 Å². The van der Waals surface area contributed by atoms with E-state index < -0.39 is 18.0 Å². The van der Waals surface area contributed by atoms with E-state index in [-0.39, 0.29) is 5.56 Å². The minimum absolute atomic E-state index is 0.268. The van der Waals surface area contributed by atoms with E-state index in [1.165, 1.54) is 14.0 Å². The zero-order valence-electron chi connectivity index (χ0n) is 17.9. The second kappa shape index (κ2) is 11.7. The van der Waals surface area contributed by atoms with Crippen molar-refractivity contribution in [3.05, 3.63) is 48.0 Å². The van der Waals surface area contributed by atoms with Crippen LogP contribution in [-0.4, -0.2) is 38.3 Å². The van der Waals surface area contributed by atoms with Gasteiger partial charge in [-0.3, -0.25) is 4.79 Å². The van der Waals surface area contributed by atoms with Gasteiger partial charge >= 0.3 is 5.97 Å². The quantitative estimate of drug-likeness (QED) is 0.431. The number of rotatable bonds is 11. The van der Waals surface area contributed by atoms with E-state index in [9.17, 15) is 9.59 Å². The molecule has 1 N–H and O–H groups in total. The molecule has 0 fully saturated rings. The van der Waals surface area contributed by atoms with Gasteiger partial charge in [-0.2, -0.15) is 0 Å². The zero-order chi connectivity index (χ0) is 21.9. The summed E-state index contributed by atoms with van der Waals surface area (Å²) < 4.78 is 21.8. The number of hydrogen-bond acceptors (Lipinski definition) is 6. The smallest absolute Gasteiger partial charge is 0.339 e. The van der Waals surface area contributed by atoms with E-state index >= 15 is 0 Å². The molecule has 0 saturated heterocycles. The fourth-order valence-electron chi connectivity index (χ4n) is 2.61. The molecular formula is C23H29NO6. The van der Waals surface area contributed by atoms with Crippen LogP contribution < -0.4 is 19.5 Å². The SMILES string of the molecule is CCCCOc1ccc(C(=O)OC(C)C(=O)Nc2ccccc2OCC)cc1OC. The summed E-state index contributed by atoms with van der Waals surface area (Å²) in [6.45, 7) is 6.48. The topological polar surface area (TPSA) is 83.1 Å². The van der Waals surface area contributed by atoms with Gasteiger partial charge in [-0.1, -0.05) is 25.5 Å². The Morgan fingerprint density at radius 3 is 2.47 bits per heavy atom. The first kappa shape index (κ1) is 23.1. The van der Waals surface area contributed by atoms with Crippen molar-refractivity contribution >= 4 is 17.6 Å². The molecule has 0 aliphatic rings. The van der Waals surface area contributed by atoms with Crippen molar-refractivity contribution < 1.29 is 28.5 Å². The first-order chi connectivity index (χ1) is 14.5. The van der Waals surface area contributed by atoms with Gasteiger partial charge in [-0.15, -0.1) is 0 Å². The number of benzene rings is 2.